The van der Waals surface area contributed by atoms with Crippen LogP contribution in [0.5, 0.6) is 0 Å². The van der Waals surface area contributed by atoms with Gasteiger partial charge in [-0.3, -0.25) is 4.98 Å². The fourth-order valence-electron chi connectivity index (χ4n) is 4.20. The first-order valence-corrected chi connectivity index (χ1v) is 11.1. The van der Waals surface area contributed by atoms with E-state index in [0.29, 0.717) is 27.7 Å². The molecule has 162 valence electrons. The summed E-state index contributed by atoms with van der Waals surface area (Å²) in [5.74, 6) is 0.368. The Bertz CT molecular complexity index is 1610. The van der Waals surface area contributed by atoms with Crippen LogP contribution >= 0.6 is 11.3 Å². The largest absolute Gasteiger partial charge is 0.383 e. The van der Waals surface area contributed by atoms with Crippen LogP contribution in [-0.4, -0.2) is 34.1 Å². The molecule has 0 spiro atoms. The van der Waals surface area contributed by atoms with Gasteiger partial charge in [0.05, 0.1) is 27.7 Å². The fourth-order valence-corrected chi connectivity index (χ4v) is 4.88. The third kappa shape index (κ3) is 3.03. The number of anilines is 2. The maximum atomic E-state index is 6.27. The minimum absolute atomic E-state index is 0.169. The van der Waals surface area contributed by atoms with E-state index in [-0.39, 0.29) is 6.04 Å². The summed E-state index contributed by atoms with van der Waals surface area (Å²) < 4.78 is 4.04. The Balaban J connectivity index is 1.61. The molecular weight excluding hydrogens is 434 g/mol. The number of nitrogen functional groups attached to an aromatic ring is 2. The van der Waals surface area contributed by atoms with Crippen molar-refractivity contribution in [3.63, 3.8) is 0 Å². The lowest BCUT2D eigenvalue weighted by atomic mass is 10.1. The van der Waals surface area contributed by atoms with Gasteiger partial charge in [-0.1, -0.05) is 23.5 Å². The molecule has 6 aromatic rings. The maximum absolute atomic E-state index is 6.27. The van der Waals surface area contributed by atoms with Crippen molar-refractivity contribution >= 4 is 38.8 Å². The molecule has 6 heterocycles. The lowest BCUT2D eigenvalue weighted by molar-refractivity contribution is 0.582. The van der Waals surface area contributed by atoms with Crippen LogP contribution in [0.3, 0.4) is 0 Å². The summed E-state index contributed by atoms with van der Waals surface area (Å²) in [4.78, 5) is 18.4. The van der Waals surface area contributed by atoms with Crippen LogP contribution < -0.4 is 11.5 Å². The summed E-state index contributed by atoms with van der Waals surface area (Å²) in [5.41, 5.74) is 17.5. The smallest absolute Gasteiger partial charge is 0.180 e. The molecule has 0 saturated heterocycles. The molecule has 9 nitrogen and oxygen atoms in total. The van der Waals surface area contributed by atoms with E-state index in [0.717, 1.165) is 27.3 Å². The topological polar surface area (TPSA) is 126 Å². The Morgan fingerprint density at radius 1 is 1.00 bits per heavy atom. The molecule has 1 unspecified atom stereocenters. The predicted molar refractivity (Wildman–Crippen MR) is 130 cm³/mol. The molecular formula is C23H19N9S. The second-order valence-corrected chi connectivity index (χ2v) is 8.71. The van der Waals surface area contributed by atoms with Crippen LogP contribution in [-0.2, 0) is 0 Å². The monoisotopic (exact) mass is 453 g/mol. The van der Waals surface area contributed by atoms with Crippen LogP contribution in [0.15, 0.2) is 67.4 Å². The SMILES string of the molecule is CC(c1cc2ccccn2c1-c1ccccn1)n1nc(-c2cnc(N)s2)c2c(N)ncnc21. The van der Waals surface area contributed by atoms with Crippen molar-refractivity contribution in [1.82, 2.24) is 34.1 Å². The van der Waals surface area contributed by atoms with Gasteiger partial charge in [0.15, 0.2) is 10.8 Å². The Labute approximate surface area is 192 Å². The minimum Gasteiger partial charge on any atom is -0.383 e. The van der Waals surface area contributed by atoms with Gasteiger partial charge in [0, 0.05) is 29.7 Å². The molecule has 0 aliphatic carbocycles. The fraction of sp³-hybridized carbons (Fsp3) is 0.0870. The maximum Gasteiger partial charge on any atom is 0.180 e. The molecule has 0 radical (unpaired) electrons. The van der Waals surface area contributed by atoms with Crippen molar-refractivity contribution < 1.29 is 0 Å². The van der Waals surface area contributed by atoms with E-state index >= 15 is 0 Å². The Morgan fingerprint density at radius 2 is 1.88 bits per heavy atom. The predicted octanol–water partition coefficient (Wildman–Crippen LogP) is 4.04. The van der Waals surface area contributed by atoms with Gasteiger partial charge in [-0.15, -0.1) is 0 Å². The second kappa shape index (κ2) is 7.38. The number of hydrogen-bond donors (Lipinski definition) is 2. The standard InChI is InChI=1S/C23H19N9S/c1-13(15-10-14-6-3-5-9-31(14)20(15)16-7-2-4-8-26-16)32-22-18(21(24)28-12-29-22)19(30-32)17-11-27-23(25)33-17/h2-13H,1H3,(H2,25,27)(H2,24,28,29). The molecule has 0 saturated carbocycles. The van der Waals surface area contributed by atoms with Crippen molar-refractivity contribution in [3.8, 4) is 22.0 Å². The first-order chi connectivity index (χ1) is 16.1. The number of nitrogens with two attached hydrogens (primary N) is 2. The summed E-state index contributed by atoms with van der Waals surface area (Å²) in [6, 6.07) is 14.0. The number of fused-ring (bicyclic) bond motifs is 2. The molecule has 0 aliphatic heterocycles. The van der Waals surface area contributed by atoms with Crippen molar-refractivity contribution in [2.24, 2.45) is 0 Å². The highest BCUT2D eigenvalue weighted by Crippen LogP contribution is 2.38. The van der Waals surface area contributed by atoms with Crippen molar-refractivity contribution in [2.45, 2.75) is 13.0 Å². The zero-order chi connectivity index (χ0) is 22.5. The zero-order valence-corrected chi connectivity index (χ0v) is 18.4. The summed E-state index contributed by atoms with van der Waals surface area (Å²) in [5, 5.41) is 6.09. The van der Waals surface area contributed by atoms with Gasteiger partial charge in [-0.2, -0.15) is 5.10 Å². The Hall–Kier alpha value is -4.31. The first kappa shape index (κ1) is 19.4. The van der Waals surface area contributed by atoms with Crippen molar-refractivity contribution in [3.05, 3.63) is 72.9 Å². The summed E-state index contributed by atoms with van der Waals surface area (Å²) in [6.45, 7) is 2.09. The average molecular weight is 454 g/mol. The normalized spacial score (nSPS) is 12.5. The second-order valence-electron chi connectivity index (χ2n) is 7.65. The van der Waals surface area contributed by atoms with Gasteiger partial charge in [0.2, 0.25) is 0 Å². The molecule has 10 heteroatoms. The van der Waals surface area contributed by atoms with Crippen molar-refractivity contribution in [2.75, 3.05) is 11.5 Å². The number of rotatable bonds is 4. The molecule has 4 N–H and O–H groups in total. The number of pyridine rings is 2. The van der Waals surface area contributed by atoms with Gasteiger partial charge >= 0.3 is 0 Å². The lowest BCUT2D eigenvalue weighted by Gasteiger charge is -2.15. The number of thiazole rings is 1. The molecule has 1 atom stereocenters. The van der Waals surface area contributed by atoms with Crippen LogP contribution in [0.4, 0.5) is 10.9 Å². The molecule has 33 heavy (non-hydrogen) atoms. The molecule has 6 aromatic heterocycles. The van der Waals surface area contributed by atoms with E-state index in [1.165, 1.54) is 17.7 Å². The van der Waals surface area contributed by atoms with Crippen LogP contribution in [0, 0.1) is 0 Å². The highest BCUT2D eigenvalue weighted by molar-refractivity contribution is 7.18. The van der Waals surface area contributed by atoms with E-state index in [9.17, 15) is 0 Å². The first-order valence-electron chi connectivity index (χ1n) is 10.3. The van der Waals surface area contributed by atoms with Gasteiger partial charge in [-0.05, 0) is 37.3 Å². The molecule has 0 bridgehead atoms. The van der Waals surface area contributed by atoms with E-state index in [2.05, 4.69) is 43.4 Å². The third-order valence-corrected chi connectivity index (χ3v) is 6.54. The minimum atomic E-state index is -0.169. The highest BCUT2D eigenvalue weighted by atomic mass is 32.1. The Kier molecular flexibility index (Phi) is 4.34. The molecule has 0 fully saturated rings. The van der Waals surface area contributed by atoms with Gasteiger partial charge in [0.25, 0.3) is 0 Å². The van der Waals surface area contributed by atoms with E-state index in [1.54, 1.807) is 12.4 Å². The lowest BCUT2D eigenvalue weighted by Crippen LogP contribution is -2.10. The van der Waals surface area contributed by atoms with Crippen LogP contribution in [0.25, 0.3) is 38.5 Å². The van der Waals surface area contributed by atoms with E-state index < -0.39 is 0 Å². The summed E-state index contributed by atoms with van der Waals surface area (Å²) >= 11 is 1.35. The molecule has 6 rings (SSSR count). The number of hydrogen-bond acceptors (Lipinski definition) is 8. The highest BCUT2D eigenvalue weighted by Gasteiger charge is 2.25. The molecule has 0 aromatic carbocycles. The van der Waals surface area contributed by atoms with E-state index in [4.69, 9.17) is 16.6 Å². The Morgan fingerprint density at radius 3 is 2.67 bits per heavy atom. The molecule has 0 amide bonds. The molecule has 0 aliphatic rings. The zero-order valence-electron chi connectivity index (χ0n) is 17.6. The van der Waals surface area contributed by atoms with Gasteiger partial charge in [0.1, 0.15) is 17.8 Å². The quantitative estimate of drug-likeness (QED) is 0.412. The number of aromatic nitrogens is 7. The van der Waals surface area contributed by atoms with Crippen LogP contribution in [0.1, 0.15) is 18.5 Å². The summed E-state index contributed by atoms with van der Waals surface area (Å²) in [7, 11) is 0. The summed E-state index contributed by atoms with van der Waals surface area (Å²) in [6.07, 6.45) is 7.01. The van der Waals surface area contributed by atoms with Crippen LogP contribution in [0.2, 0.25) is 0 Å². The average Bonchev–Trinajstić information content (AvgIpc) is 3.54. The third-order valence-electron chi connectivity index (χ3n) is 5.71. The van der Waals surface area contributed by atoms with E-state index in [1.807, 2.05) is 41.2 Å². The van der Waals surface area contributed by atoms with Gasteiger partial charge in [-0.25, -0.2) is 19.6 Å². The van der Waals surface area contributed by atoms with Gasteiger partial charge < -0.3 is 15.9 Å². The number of nitrogens with zero attached hydrogens (tertiary/aromatic N) is 7. The van der Waals surface area contributed by atoms with Crippen molar-refractivity contribution in [1.29, 1.82) is 0 Å².